The van der Waals surface area contributed by atoms with Crippen molar-refractivity contribution < 1.29 is 38.3 Å². The molecule has 1 aromatic heterocycles. The number of aromatic amines is 1. The van der Waals surface area contributed by atoms with Gasteiger partial charge in [-0.25, -0.2) is 9.36 Å². The number of H-pyrrole nitrogens is 1. The highest BCUT2D eigenvalue weighted by atomic mass is 31.2. The Morgan fingerprint density at radius 2 is 2.11 bits per heavy atom. The molecule has 5 N–H and O–H groups in total. The second-order valence-electron chi connectivity index (χ2n) is 5.77. The average Bonchev–Trinajstić information content (AvgIpc) is 2.89. The Bertz CT molecular complexity index is 845. The van der Waals surface area contributed by atoms with Crippen LogP contribution in [0.3, 0.4) is 0 Å². The summed E-state index contributed by atoms with van der Waals surface area (Å²) < 4.78 is 27.0. The Labute approximate surface area is 152 Å². The van der Waals surface area contributed by atoms with Crippen LogP contribution in [0.1, 0.15) is 11.8 Å². The van der Waals surface area contributed by atoms with Crippen molar-refractivity contribution in [1.82, 2.24) is 14.9 Å². The molecule has 0 unspecified atom stereocenters. The molecule has 0 saturated carbocycles. The van der Waals surface area contributed by atoms with Crippen LogP contribution in [0.25, 0.3) is 0 Å². The molecule has 13 nitrogen and oxygen atoms in total. The Morgan fingerprint density at radius 1 is 1.44 bits per heavy atom. The average molecular weight is 409 g/mol. The van der Waals surface area contributed by atoms with Crippen molar-refractivity contribution >= 4 is 13.7 Å². The van der Waals surface area contributed by atoms with Crippen LogP contribution in [0.5, 0.6) is 0 Å². The normalized spacial score (nSPS) is 25.5. The largest absolute Gasteiger partial charge is 0.469 e. The van der Waals surface area contributed by atoms with Gasteiger partial charge in [0.1, 0.15) is 24.9 Å². The van der Waals surface area contributed by atoms with E-state index >= 15 is 0 Å². The number of aromatic nitrogens is 2. The van der Waals surface area contributed by atoms with Gasteiger partial charge in [-0.3, -0.25) is 23.7 Å². The van der Waals surface area contributed by atoms with E-state index in [1.807, 2.05) is 0 Å². The molecule has 1 amide bonds. The van der Waals surface area contributed by atoms with E-state index in [-0.39, 0.29) is 5.56 Å². The van der Waals surface area contributed by atoms with Crippen molar-refractivity contribution in [1.29, 1.82) is 0 Å². The molecule has 27 heavy (non-hydrogen) atoms. The Kier molecular flexibility index (Phi) is 6.70. The van der Waals surface area contributed by atoms with E-state index in [0.717, 1.165) is 4.57 Å². The van der Waals surface area contributed by atoms with Crippen LogP contribution in [-0.4, -0.2) is 68.9 Å². The first-order valence-electron chi connectivity index (χ1n) is 7.71. The summed E-state index contributed by atoms with van der Waals surface area (Å²) in [5.41, 5.74) is -1.29. The number of hydrogen-bond donors (Lipinski definition) is 5. The first-order chi connectivity index (χ1) is 12.5. The second kappa shape index (κ2) is 8.44. The third-order valence-electron chi connectivity index (χ3n) is 3.83. The number of nitrogens with zero attached hydrogens (tertiary/aromatic N) is 1. The highest BCUT2D eigenvalue weighted by molar-refractivity contribution is 7.46. The molecule has 1 saturated heterocycles. The molecule has 152 valence electrons. The lowest BCUT2D eigenvalue weighted by atomic mass is 10.1. The van der Waals surface area contributed by atoms with Crippen LogP contribution in [-0.2, 0) is 23.4 Å². The number of ether oxygens (including phenoxy) is 2. The summed E-state index contributed by atoms with van der Waals surface area (Å²) in [5, 5.41) is 12.7. The van der Waals surface area contributed by atoms with Crippen LogP contribution >= 0.6 is 7.82 Å². The number of amides is 1. The smallest absolute Gasteiger partial charge is 0.387 e. The summed E-state index contributed by atoms with van der Waals surface area (Å²) in [4.78, 5) is 54.7. The van der Waals surface area contributed by atoms with Crippen LogP contribution in [0.4, 0.5) is 0 Å². The van der Waals surface area contributed by atoms with Gasteiger partial charge < -0.3 is 29.7 Å². The summed E-state index contributed by atoms with van der Waals surface area (Å²) in [6, 6.07) is 0. The zero-order valence-electron chi connectivity index (χ0n) is 14.4. The van der Waals surface area contributed by atoms with Gasteiger partial charge in [0.15, 0.2) is 6.23 Å². The Hall–Kier alpha value is -1.86. The molecule has 4 atom stereocenters. The predicted molar refractivity (Wildman–Crippen MR) is 87.8 cm³/mol. The first-order valence-corrected chi connectivity index (χ1v) is 9.24. The molecule has 0 aliphatic carbocycles. The fourth-order valence-corrected chi connectivity index (χ4v) is 2.79. The maximum atomic E-state index is 12.1. The van der Waals surface area contributed by atoms with Gasteiger partial charge in [0, 0.05) is 18.8 Å². The topological polar surface area (TPSA) is 189 Å². The van der Waals surface area contributed by atoms with E-state index in [2.05, 4.69) is 14.8 Å². The van der Waals surface area contributed by atoms with Crippen LogP contribution in [0.2, 0.25) is 0 Å². The fraction of sp³-hybridized carbons (Fsp3) is 0.615. The summed E-state index contributed by atoms with van der Waals surface area (Å²) >= 11 is 0. The minimum absolute atomic E-state index is 0.174. The minimum Gasteiger partial charge on any atom is -0.387 e. The number of carbonyl (C=O) groups excluding carboxylic acids is 1. The summed E-state index contributed by atoms with van der Waals surface area (Å²) in [5.74, 6) is -0.513. The Morgan fingerprint density at radius 3 is 2.70 bits per heavy atom. The third-order valence-corrected chi connectivity index (χ3v) is 4.31. The molecule has 1 aliphatic heterocycles. The SMILES string of the molecule is CNC(=O)CO[C@@H]1[C@H](O)[C@@H](COP(=O)(O)O)O[C@H]1n1cc(C)c(=O)[nH]c1=O. The molecular weight excluding hydrogens is 389 g/mol. The van der Waals surface area contributed by atoms with Crippen LogP contribution in [0.15, 0.2) is 15.8 Å². The lowest BCUT2D eigenvalue weighted by Crippen LogP contribution is -2.41. The number of aliphatic hydroxyl groups excluding tert-OH is 1. The lowest BCUT2D eigenvalue weighted by molar-refractivity contribution is -0.132. The maximum Gasteiger partial charge on any atom is 0.469 e. The zero-order chi connectivity index (χ0) is 20.4. The monoisotopic (exact) mass is 409 g/mol. The summed E-state index contributed by atoms with van der Waals surface area (Å²) in [6.45, 7) is 0.273. The number of carbonyl (C=O) groups is 1. The molecule has 2 rings (SSSR count). The van der Waals surface area contributed by atoms with E-state index in [1.54, 1.807) is 0 Å². The highest BCUT2D eigenvalue weighted by Gasteiger charge is 2.47. The van der Waals surface area contributed by atoms with E-state index in [9.17, 15) is 24.1 Å². The molecule has 1 aromatic rings. The van der Waals surface area contributed by atoms with Gasteiger partial charge in [0.25, 0.3) is 5.56 Å². The van der Waals surface area contributed by atoms with Crippen molar-refractivity contribution in [2.75, 3.05) is 20.3 Å². The molecular formula is C13H20N3O10P. The number of aliphatic hydroxyl groups is 1. The standard InChI is InChI=1S/C13H20N3O10P/c1-6-3-16(13(20)15-11(6)19)12-10(24-5-8(17)14-2)9(18)7(26-12)4-25-27(21,22)23/h3,7,9-10,12,18H,4-5H2,1-2H3,(H,14,17)(H,15,19,20)(H2,21,22,23)/t7-,9-,10-,12-/m1/s1. The van der Waals surface area contributed by atoms with E-state index in [4.69, 9.17) is 19.3 Å². The molecule has 0 aromatic carbocycles. The van der Waals surface area contributed by atoms with Gasteiger partial charge >= 0.3 is 13.5 Å². The molecule has 2 heterocycles. The molecule has 14 heteroatoms. The van der Waals surface area contributed by atoms with Crippen LogP contribution < -0.4 is 16.6 Å². The van der Waals surface area contributed by atoms with Gasteiger partial charge in [-0.2, -0.15) is 0 Å². The molecule has 0 bridgehead atoms. The van der Waals surface area contributed by atoms with E-state index in [0.29, 0.717) is 0 Å². The van der Waals surface area contributed by atoms with Crippen molar-refractivity contribution in [2.24, 2.45) is 0 Å². The fourth-order valence-electron chi connectivity index (χ4n) is 2.45. The predicted octanol–water partition coefficient (Wildman–Crippen LogP) is -2.66. The molecule has 1 fully saturated rings. The number of rotatable bonds is 7. The number of likely N-dealkylation sites (N-methyl/N-ethyl adjacent to an activating group) is 1. The number of nitrogens with one attached hydrogen (secondary N) is 2. The quantitative estimate of drug-likeness (QED) is 0.297. The van der Waals surface area contributed by atoms with E-state index in [1.165, 1.54) is 20.2 Å². The van der Waals surface area contributed by atoms with E-state index < -0.39 is 62.7 Å². The van der Waals surface area contributed by atoms with Gasteiger partial charge in [-0.15, -0.1) is 0 Å². The Balaban J connectivity index is 2.31. The second-order valence-corrected chi connectivity index (χ2v) is 7.01. The number of phosphoric acid groups is 1. The summed E-state index contributed by atoms with van der Waals surface area (Å²) in [7, 11) is -3.46. The first kappa shape index (κ1) is 21.4. The number of hydrogen-bond acceptors (Lipinski definition) is 8. The van der Waals surface area contributed by atoms with Gasteiger partial charge in [-0.1, -0.05) is 0 Å². The van der Waals surface area contributed by atoms with Crippen molar-refractivity contribution in [3.63, 3.8) is 0 Å². The van der Waals surface area contributed by atoms with Crippen molar-refractivity contribution in [2.45, 2.75) is 31.5 Å². The van der Waals surface area contributed by atoms with Crippen LogP contribution in [0, 0.1) is 6.92 Å². The molecule has 0 radical (unpaired) electrons. The molecule has 1 aliphatic rings. The summed E-state index contributed by atoms with van der Waals surface area (Å²) in [6.07, 6.45) is -4.10. The lowest BCUT2D eigenvalue weighted by Gasteiger charge is -2.22. The number of phosphoric ester groups is 1. The van der Waals surface area contributed by atoms with Crippen molar-refractivity contribution in [3.05, 3.63) is 32.6 Å². The number of aryl methyl sites for hydroxylation is 1. The minimum atomic E-state index is -4.83. The maximum absolute atomic E-state index is 12.1. The third kappa shape index (κ3) is 5.32. The van der Waals surface area contributed by atoms with Gasteiger partial charge in [-0.05, 0) is 6.92 Å². The van der Waals surface area contributed by atoms with Gasteiger partial charge in [0.05, 0.1) is 6.61 Å². The highest BCUT2D eigenvalue weighted by Crippen LogP contribution is 2.38. The van der Waals surface area contributed by atoms with Crippen molar-refractivity contribution in [3.8, 4) is 0 Å². The van der Waals surface area contributed by atoms with Gasteiger partial charge in [0.2, 0.25) is 5.91 Å². The zero-order valence-corrected chi connectivity index (χ0v) is 15.3. The molecule has 0 spiro atoms.